The first-order valence-electron chi connectivity index (χ1n) is 12.1. The molecule has 1 amide bonds. The Labute approximate surface area is 198 Å². The van der Waals surface area contributed by atoms with Gasteiger partial charge in [0.15, 0.2) is 5.65 Å². The summed E-state index contributed by atoms with van der Waals surface area (Å²) in [5, 5.41) is 2.83. The monoisotopic (exact) mass is 480 g/mol. The number of halogens is 2. The van der Waals surface area contributed by atoms with E-state index < -0.39 is 5.92 Å². The Morgan fingerprint density at radius 2 is 1.74 bits per heavy atom. The number of fused-ring (bicyclic) bond motifs is 1. The fourth-order valence-electron chi connectivity index (χ4n) is 4.63. The molecule has 1 atom stereocenters. The average Bonchev–Trinajstić information content (AvgIpc) is 3.09. The number of carbonyl (C=O) groups excluding carboxylic acids is 1. The quantitative estimate of drug-likeness (QED) is 0.611. The van der Waals surface area contributed by atoms with Crippen molar-refractivity contribution in [3.05, 3.63) is 12.1 Å². The predicted molar refractivity (Wildman–Crippen MR) is 122 cm³/mol. The second-order valence-electron chi connectivity index (χ2n) is 9.57. The average molecular weight is 481 g/mol. The molecular formula is C24H34F2N4O4. The van der Waals surface area contributed by atoms with Crippen molar-refractivity contribution in [1.82, 2.24) is 19.9 Å². The van der Waals surface area contributed by atoms with Crippen LogP contribution >= 0.6 is 0 Å². The molecule has 0 bridgehead atoms. The molecule has 0 aliphatic heterocycles. The molecule has 2 heterocycles. The van der Waals surface area contributed by atoms with Gasteiger partial charge < -0.3 is 19.5 Å². The van der Waals surface area contributed by atoms with Crippen molar-refractivity contribution >= 4 is 17.1 Å². The number of carbonyl (C=O) groups is 1. The van der Waals surface area contributed by atoms with E-state index in [1.54, 1.807) is 10.6 Å². The van der Waals surface area contributed by atoms with Gasteiger partial charge in [-0.15, -0.1) is 0 Å². The van der Waals surface area contributed by atoms with Gasteiger partial charge >= 0.3 is 0 Å². The van der Waals surface area contributed by atoms with E-state index in [9.17, 15) is 13.6 Å². The normalized spacial score (nSPS) is 24.0. The van der Waals surface area contributed by atoms with E-state index >= 15 is 0 Å². The first-order chi connectivity index (χ1) is 16.2. The Hall–Kier alpha value is -2.49. The molecule has 2 aliphatic carbocycles. The van der Waals surface area contributed by atoms with Crippen molar-refractivity contribution in [2.75, 3.05) is 6.61 Å². The molecule has 0 saturated heterocycles. The van der Waals surface area contributed by atoms with Crippen LogP contribution in [-0.2, 0) is 16.6 Å². The molecule has 188 valence electrons. The third-order valence-corrected chi connectivity index (χ3v) is 6.53. The van der Waals surface area contributed by atoms with Crippen molar-refractivity contribution < 1.29 is 27.8 Å². The van der Waals surface area contributed by atoms with Crippen molar-refractivity contribution in [2.45, 2.75) is 95.5 Å². The second-order valence-corrected chi connectivity index (χ2v) is 9.57. The number of hydrogen-bond acceptors (Lipinski definition) is 6. The summed E-state index contributed by atoms with van der Waals surface area (Å²) in [5.74, 6) is -2.11. The lowest BCUT2D eigenvalue weighted by Crippen LogP contribution is -2.36. The number of aryl methyl sites for hydroxylation is 1. The number of aromatic nitrogens is 3. The Balaban J connectivity index is 1.29. The van der Waals surface area contributed by atoms with Gasteiger partial charge in [0.05, 0.1) is 12.7 Å². The van der Waals surface area contributed by atoms with Crippen molar-refractivity contribution in [1.29, 1.82) is 0 Å². The van der Waals surface area contributed by atoms with Gasteiger partial charge in [0.25, 0.3) is 6.01 Å². The highest BCUT2D eigenvalue weighted by molar-refractivity contribution is 5.73. The molecule has 1 N–H and O–H groups in total. The highest BCUT2D eigenvalue weighted by atomic mass is 19.3. The molecule has 2 saturated carbocycles. The summed E-state index contributed by atoms with van der Waals surface area (Å²) in [5.41, 5.74) is 1.31. The zero-order chi connectivity index (χ0) is 24.3. The summed E-state index contributed by atoms with van der Waals surface area (Å²) in [6, 6.07) is 4.03. The van der Waals surface area contributed by atoms with Crippen LogP contribution in [0.2, 0.25) is 0 Å². The van der Waals surface area contributed by atoms with Crippen LogP contribution in [0.3, 0.4) is 0 Å². The van der Waals surface area contributed by atoms with E-state index in [2.05, 4.69) is 15.3 Å². The Bertz CT molecular complexity index is 981. The summed E-state index contributed by atoms with van der Waals surface area (Å²) in [7, 11) is 1.81. The molecule has 2 aromatic rings. The van der Waals surface area contributed by atoms with E-state index in [0.717, 1.165) is 25.7 Å². The Morgan fingerprint density at radius 1 is 1.09 bits per heavy atom. The van der Waals surface area contributed by atoms with Gasteiger partial charge in [0.2, 0.25) is 17.7 Å². The molecule has 2 fully saturated rings. The number of pyridine rings is 1. The molecule has 0 spiro atoms. The molecule has 0 aromatic carbocycles. The molecular weight excluding hydrogens is 446 g/mol. The van der Waals surface area contributed by atoms with Crippen LogP contribution in [0.15, 0.2) is 12.1 Å². The summed E-state index contributed by atoms with van der Waals surface area (Å²) >= 11 is 0. The van der Waals surface area contributed by atoms with Gasteiger partial charge in [0.1, 0.15) is 17.7 Å². The van der Waals surface area contributed by atoms with Crippen LogP contribution in [-0.4, -0.2) is 57.3 Å². The third-order valence-electron chi connectivity index (χ3n) is 6.53. The summed E-state index contributed by atoms with van der Waals surface area (Å²) < 4.78 is 46.6. The number of imidazole rings is 1. The molecule has 0 unspecified atom stereocenters. The summed E-state index contributed by atoms with van der Waals surface area (Å²) in [6.45, 7) is 3.94. The third kappa shape index (κ3) is 6.34. The second kappa shape index (κ2) is 10.4. The first-order valence-corrected chi connectivity index (χ1v) is 12.1. The number of rotatable bonds is 8. The van der Waals surface area contributed by atoms with E-state index in [0.29, 0.717) is 42.5 Å². The molecule has 8 nitrogen and oxygen atoms in total. The fraction of sp³-hybridized carbons (Fsp3) is 0.708. The fourth-order valence-corrected chi connectivity index (χ4v) is 4.63. The highest BCUT2D eigenvalue weighted by Crippen LogP contribution is 2.35. The molecule has 2 aliphatic rings. The van der Waals surface area contributed by atoms with Gasteiger partial charge in [-0.3, -0.25) is 9.36 Å². The lowest BCUT2D eigenvalue weighted by molar-refractivity contribution is -0.120. The Morgan fingerprint density at radius 3 is 2.41 bits per heavy atom. The van der Waals surface area contributed by atoms with E-state index in [4.69, 9.17) is 14.2 Å². The maximum atomic E-state index is 13.4. The minimum Gasteiger partial charge on any atom is -0.474 e. The summed E-state index contributed by atoms with van der Waals surface area (Å²) in [6.07, 6.45) is 3.81. The minimum absolute atomic E-state index is 0.00535. The number of hydrogen-bond donors (Lipinski definition) is 1. The van der Waals surface area contributed by atoms with Crippen molar-refractivity contribution in [3.8, 4) is 11.9 Å². The van der Waals surface area contributed by atoms with Gasteiger partial charge in [-0.05, 0) is 51.5 Å². The zero-order valence-electron chi connectivity index (χ0n) is 20.1. The number of amides is 1. The van der Waals surface area contributed by atoms with Gasteiger partial charge in [-0.25, -0.2) is 8.78 Å². The number of nitrogens with zero attached hydrogens (tertiary/aromatic N) is 3. The van der Waals surface area contributed by atoms with Gasteiger partial charge in [0, 0.05) is 38.9 Å². The van der Waals surface area contributed by atoms with Crippen LogP contribution in [0.25, 0.3) is 11.2 Å². The molecule has 10 heteroatoms. The number of nitrogens with one attached hydrogen (secondary N) is 1. The smallest absolute Gasteiger partial charge is 0.298 e. The maximum Gasteiger partial charge on any atom is 0.298 e. The maximum absolute atomic E-state index is 13.4. The van der Waals surface area contributed by atoms with E-state index in [1.165, 1.54) is 6.92 Å². The first kappa shape index (κ1) is 24.6. The minimum atomic E-state index is -2.59. The van der Waals surface area contributed by atoms with Crippen LogP contribution in [0, 0.1) is 0 Å². The zero-order valence-corrected chi connectivity index (χ0v) is 20.1. The van der Waals surface area contributed by atoms with Crippen LogP contribution in [0.1, 0.15) is 65.2 Å². The largest absolute Gasteiger partial charge is 0.474 e. The molecule has 0 radical (unpaired) electrons. The van der Waals surface area contributed by atoms with Crippen LogP contribution in [0.5, 0.6) is 11.9 Å². The molecule has 2 aromatic heterocycles. The van der Waals surface area contributed by atoms with E-state index in [1.807, 2.05) is 20.0 Å². The lowest BCUT2D eigenvalue weighted by Gasteiger charge is -2.29. The molecule has 4 rings (SSSR count). The number of alkyl halides is 2. The van der Waals surface area contributed by atoms with Crippen LogP contribution < -0.4 is 14.8 Å². The lowest BCUT2D eigenvalue weighted by atomic mass is 9.94. The van der Waals surface area contributed by atoms with Gasteiger partial charge in [-0.2, -0.15) is 9.97 Å². The van der Waals surface area contributed by atoms with E-state index in [-0.39, 0.29) is 43.1 Å². The highest BCUT2D eigenvalue weighted by Gasteiger charge is 2.36. The SMILES string of the molecule is CC(=O)N[C@@H](C)CO[C@H]1CC[C@H](Oc2ccc3nc(OC4CCC(F)(F)CC4)n(C)c3n2)CC1. The Kier molecular flexibility index (Phi) is 7.54. The standard InChI is InChI=1S/C24H34F2N4O4/c1-15(27-16(2)31)14-32-17-4-6-18(7-5-17)33-21-9-8-20-22(29-21)30(3)23(28-20)34-19-10-12-24(25,26)13-11-19/h8-9,15,17-19H,4-7,10-14H2,1-3H3,(H,27,31)/t15-,17-,18-/m0/s1. The topological polar surface area (TPSA) is 87.5 Å². The predicted octanol–water partition coefficient (Wildman–Crippen LogP) is 4.16. The van der Waals surface area contributed by atoms with Gasteiger partial charge in [-0.1, -0.05) is 0 Å². The molecule has 34 heavy (non-hydrogen) atoms. The number of ether oxygens (including phenoxy) is 3. The van der Waals surface area contributed by atoms with Crippen molar-refractivity contribution in [2.24, 2.45) is 7.05 Å². The summed E-state index contributed by atoms with van der Waals surface area (Å²) in [4.78, 5) is 20.2. The van der Waals surface area contributed by atoms with Crippen LogP contribution in [0.4, 0.5) is 8.78 Å². The van der Waals surface area contributed by atoms with Crippen molar-refractivity contribution in [3.63, 3.8) is 0 Å².